The number of alkyl halides is 1. The topological polar surface area (TPSA) is 54.7 Å². The van der Waals surface area contributed by atoms with Crippen LogP contribution >= 0.6 is 11.6 Å². The number of benzene rings is 1. The van der Waals surface area contributed by atoms with Crippen molar-refractivity contribution in [2.45, 2.75) is 12.4 Å². The maximum absolute atomic E-state index is 5.75. The third-order valence-electron chi connectivity index (χ3n) is 1.94. The van der Waals surface area contributed by atoms with E-state index in [0.717, 1.165) is 22.4 Å². The number of H-pyrrole nitrogens is 1. The van der Waals surface area contributed by atoms with Crippen LogP contribution in [0.5, 0.6) is 0 Å². The van der Waals surface area contributed by atoms with Crippen LogP contribution in [0.4, 0.5) is 0 Å². The van der Waals surface area contributed by atoms with Gasteiger partial charge in [-0.3, -0.25) is 0 Å². The third-order valence-corrected chi connectivity index (χ3v) is 2.19. The largest absolute Gasteiger partial charge is 0.342 e. The molecule has 0 spiro atoms. The number of aromatic nitrogens is 2. The Kier molecular flexibility index (Phi) is 1.98. The summed E-state index contributed by atoms with van der Waals surface area (Å²) in [5, 5.41) is 0. The van der Waals surface area contributed by atoms with E-state index in [1.165, 1.54) is 0 Å². The maximum atomic E-state index is 5.75. The van der Waals surface area contributed by atoms with Crippen LogP contribution in [0.1, 0.15) is 16.9 Å². The first-order valence-corrected chi connectivity index (χ1v) is 4.46. The molecule has 3 nitrogen and oxygen atoms in total. The van der Waals surface area contributed by atoms with Gasteiger partial charge in [0.15, 0.2) is 0 Å². The summed E-state index contributed by atoms with van der Waals surface area (Å²) in [5.74, 6) is 0.898. The zero-order chi connectivity index (χ0) is 9.42. The van der Waals surface area contributed by atoms with E-state index in [2.05, 4.69) is 9.97 Å². The number of aromatic amines is 1. The lowest BCUT2D eigenvalue weighted by atomic mass is 10.2. The Morgan fingerprint density at radius 2 is 2.31 bits per heavy atom. The van der Waals surface area contributed by atoms with Crippen LogP contribution in [0, 0.1) is 6.92 Å². The highest BCUT2D eigenvalue weighted by atomic mass is 35.5. The number of halogens is 1. The van der Waals surface area contributed by atoms with E-state index >= 15 is 0 Å². The minimum Gasteiger partial charge on any atom is -0.342 e. The molecule has 0 saturated carbocycles. The zero-order valence-electron chi connectivity index (χ0n) is 7.21. The van der Waals surface area contributed by atoms with E-state index in [1.807, 2.05) is 25.1 Å². The number of fused-ring (bicyclic) bond motifs is 1. The number of hydrogen-bond acceptors (Lipinski definition) is 2. The van der Waals surface area contributed by atoms with E-state index in [0.29, 0.717) is 0 Å². The van der Waals surface area contributed by atoms with Gasteiger partial charge in [-0.05, 0) is 24.6 Å². The van der Waals surface area contributed by atoms with Crippen molar-refractivity contribution in [3.63, 3.8) is 0 Å². The van der Waals surface area contributed by atoms with Crippen LogP contribution in [0.15, 0.2) is 18.2 Å². The molecular formula is C9H10ClN3. The molecule has 1 heterocycles. The second-order valence-electron chi connectivity index (χ2n) is 3.00. The second kappa shape index (κ2) is 3.01. The summed E-state index contributed by atoms with van der Waals surface area (Å²) in [7, 11) is 0. The number of rotatable bonds is 1. The summed E-state index contributed by atoms with van der Waals surface area (Å²) in [6, 6.07) is 5.73. The molecule has 13 heavy (non-hydrogen) atoms. The molecule has 0 saturated heterocycles. The lowest BCUT2D eigenvalue weighted by molar-refractivity contribution is 1.02. The molecule has 1 atom stereocenters. The Morgan fingerprint density at radius 1 is 1.54 bits per heavy atom. The van der Waals surface area contributed by atoms with Crippen LogP contribution in [-0.2, 0) is 0 Å². The quantitative estimate of drug-likeness (QED) is 0.541. The van der Waals surface area contributed by atoms with E-state index in [9.17, 15) is 0 Å². The number of nitrogens with two attached hydrogens (primary N) is 1. The molecule has 4 heteroatoms. The number of nitrogens with one attached hydrogen (secondary N) is 1. The summed E-state index contributed by atoms with van der Waals surface area (Å²) in [6.45, 7) is 1.92. The normalized spacial score (nSPS) is 13.5. The Morgan fingerprint density at radius 3 is 3.00 bits per heavy atom. The molecular weight excluding hydrogens is 186 g/mol. The molecule has 0 bridgehead atoms. The Balaban J connectivity index is 2.61. The molecule has 0 amide bonds. The van der Waals surface area contributed by atoms with Gasteiger partial charge >= 0.3 is 0 Å². The second-order valence-corrected chi connectivity index (χ2v) is 3.47. The average Bonchev–Trinajstić information content (AvgIpc) is 2.42. The first-order chi connectivity index (χ1) is 6.16. The monoisotopic (exact) mass is 195 g/mol. The van der Waals surface area contributed by atoms with Gasteiger partial charge in [0.2, 0.25) is 0 Å². The molecule has 0 radical (unpaired) electrons. The Labute approximate surface area is 80.9 Å². The fraction of sp³-hybridized carbons (Fsp3) is 0.222. The molecule has 2 rings (SSSR count). The molecule has 3 N–H and O–H groups in total. The number of hydrogen-bond donors (Lipinski definition) is 2. The van der Waals surface area contributed by atoms with Crippen LogP contribution in [0.3, 0.4) is 0 Å². The van der Waals surface area contributed by atoms with E-state index in [4.69, 9.17) is 17.3 Å². The SMILES string of the molecule is Cc1nc2ccc(C(N)Cl)cc2[nH]1. The van der Waals surface area contributed by atoms with Crippen LogP contribution in [0.2, 0.25) is 0 Å². The van der Waals surface area contributed by atoms with Gasteiger partial charge < -0.3 is 10.7 Å². The van der Waals surface area contributed by atoms with Crippen LogP contribution in [0.25, 0.3) is 11.0 Å². The van der Waals surface area contributed by atoms with Gasteiger partial charge in [0.25, 0.3) is 0 Å². The molecule has 1 unspecified atom stereocenters. The van der Waals surface area contributed by atoms with Crippen LogP contribution in [-0.4, -0.2) is 9.97 Å². The standard InChI is InChI=1S/C9H10ClN3/c1-5-12-7-3-2-6(9(10)11)4-8(7)13-5/h2-4,9H,11H2,1H3,(H,12,13). The Hall–Kier alpha value is -1.06. The van der Waals surface area contributed by atoms with Crippen molar-refractivity contribution in [2.75, 3.05) is 0 Å². The molecule has 1 aromatic carbocycles. The number of nitrogens with zero attached hydrogens (tertiary/aromatic N) is 1. The minimum absolute atomic E-state index is 0.451. The maximum Gasteiger partial charge on any atom is 0.106 e. The third kappa shape index (κ3) is 1.53. The van der Waals surface area contributed by atoms with Crippen LogP contribution < -0.4 is 5.73 Å². The predicted molar refractivity (Wildman–Crippen MR) is 53.6 cm³/mol. The lowest BCUT2D eigenvalue weighted by Crippen LogP contribution is -2.01. The lowest BCUT2D eigenvalue weighted by Gasteiger charge is -2.01. The van der Waals surface area contributed by atoms with Gasteiger partial charge in [0.1, 0.15) is 11.3 Å². The molecule has 0 aliphatic carbocycles. The summed E-state index contributed by atoms with van der Waals surface area (Å²) in [5.41, 5.74) is 7.91. The van der Waals surface area contributed by atoms with Crippen molar-refractivity contribution in [1.29, 1.82) is 0 Å². The molecule has 0 aliphatic rings. The highest BCUT2D eigenvalue weighted by molar-refractivity contribution is 6.20. The van der Waals surface area contributed by atoms with Gasteiger partial charge in [-0.1, -0.05) is 6.07 Å². The molecule has 1 aromatic heterocycles. The van der Waals surface area contributed by atoms with Crippen molar-refractivity contribution in [3.05, 3.63) is 29.6 Å². The van der Waals surface area contributed by atoms with Gasteiger partial charge in [0, 0.05) is 0 Å². The fourth-order valence-electron chi connectivity index (χ4n) is 1.33. The minimum atomic E-state index is -0.451. The van der Waals surface area contributed by atoms with Crippen molar-refractivity contribution in [3.8, 4) is 0 Å². The van der Waals surface area contributed by atoms with E-state index < -0.39 is 5.50 Å². The first kappa shape index (κ1) is 8.53. The highest BCUT2D eigenvalue weighted by Crippen LogP contribution is 2.19. The predicted octanol–water partition coefficient (Wildman–Crippen LogP) is 2.07. The summed E-state index contributed by atoms with van der Waals surface area (Å²) in [4.78, 5) is 7.40. The van der Waals surface area contributed by atoms with Crippen molar-refractivity contribution in [1.82, 2.24) is 9.97 Å². The van der Waals surface area contributed by atoms with E-state index in [1.54, 1.807) is 0 Å². The van der Waals surface area contributed by atoms with Gasteiger partial charge in [-0.25, -0.2) is 4.98 Å². The van der Waals surface area contributed by atoms with Crippen molar-refractivity contribution < 1.29 is 0 Å². The molecule has 0 aliphatic heterocycles. The van der Waals surface area contributed by atoms with Gasteiger partial charge in [-0.15, -0.1) is 11.6 Å². The number of imidazole rings is 1. The Bertz CT molecular complexity index is 433. The zero-order valence-corrected chi connectivity index (χ0v) is 7.97. The molecule has 0 fully saturated rings. The molecule has 68 valence electrons. The summed E-state index contributed by atoms with van der Waals surface area (Å²) >= 11 is 5.75. The van der Waals surface area contributed by atoms with Gasteiger partial charge in [0.05, 0.1) is 11.0 Å². The smallest absolute Gasteiger partial charge is 0.106 e. The first-order valence-electron chi connectivity index (χ1n) is 4.03. The number of aryl methyl sites for hydroxylation is 1. The highest BCUT2D eigenvalue weighted by Gasteiger charge is 2.04. The van der Waals surface area contributed by atoms with E-state index in [-0.39, 0.29) is 0 Å². The summed E-state index contributed by atoms with van der Waals surface area (Å²) < 4.78 is 0. The van der Waals surface area contributed by atoms with Gasteiger partial charge in [-0.2, -0.15) is 0 Å². The molecule has 2 aromatic rings. The summed E-state index contributed by atoms with van der Waals surface area (Å²) in [6.07, 6.45) is 0. The van der Waals surface area contributed by atoms with Crippen molar-refractivity contribution >= 4 is 22.6 Å². The average molecular weight is 196 g/mol. The van der Waals surface area contributed by atoms with Crippen molar-refractivity contribution in [2.24, 2.45) is 5.73 Å². The fourth-order valence-corrected chi connectivity index (χ4v) is 1.46.